The van der Waals surface area contributed by atoms with E-state index in [1.54, 1.807) is 17.9 Å². The number of amides is 2. The molecule has 1 N–H and O–H groups in total. The maximum absolute atomic E-state index is 17.6. The number of fused-ring (bicyclic) bond motifs is 7. The number of hydrogen-bond donors (Lipinski definition) is 1. The highest BCUT2D eigenvalue weighted by atomic mass is 19.1. The van der Waals surface area contributed by atoms with Gasteiger partial charge >= 0.3 is 18.2 Å². The number of anilines is 1. The van der Waals surface area contributed by atoms with Crippen molar-refractivity contribution in [3.8, 4) is 29.1 Å². The molecule has 17 heteroatoms. The van der Waals surface area contributed by atoms with E-state index in [0.29, 0.717) is 17.2 Å². The molecule has 6 bridgehead atoms. The molecular formula is C43H47F3N8O6. The van der Waals surface area contributed by atoms with Crippen LogP contribution in [0.25, 0.3) is 32.9 Å². The van der Waals surface area contributed by atoms with Crippen LogP contribution >= 0.6 is 0 Å². The van der Waals surface area contributed by atoms with Gasteiger partial charge in [0.15, 0.2) is 5.82 Å². The molecule has 10 rings (SSSR count). The number of pyridine rings is 1. The number of piperidine rings is 1. The van der Waals surface area contributed by atoms with E-state index in [1.807, 2.05) is 0 Å². The van der Waals surface area contributed by atoms with E-state index >= 15 is 13.2 Å². The highest BCUT2D eigenvalue weighted by Gasteiger charge is 2.46. The molecule has 6 aliphatic heterocycles. The van der Waals surface area contributed by atoms with Gasteiger partial charge in [-0.3, -0.25) is 9.88 Å². The molecule has 0 saturated carbocycles. The van der Waals surface area contributed by atoms with Crippen molar-refractivity contribution in [2.75, 3.05) is 64.5 Å². The van der Waals surface area contributed by atoms with Crippen molar-refractivity contribution in [2.24, 2.45) is 0 Å². The highest BCUT2D eigenvalue weighted by molar-refractivity contribution is 6.02. The van der Waals surface area contributed by atoms with E-state index in [0.717, 1.165) is 38.8 Å². The number of alkyl halides is 1. The van der Waals surface area contributed by atoms with Gasteiger partial charge in [-0.2, -0.15) is 15.2 Å². The van der Waals surface area contributed by atoms with Gasteiger partial charge in [-0.25, -0.2) is 22.8 Å². The number of benzene rings is 2. The largest absolute Gasteiger partial charge is 0.461 e. The second-order valence-corrected chi connectivity index (χ2v) is 17.2. The molecule has 4 fully saturated rings. The fraction of sp³-hybridized carbons (Fsp3) is 0.535. The molecule has 3 atom stereocenters. The molecule has 8 heterocycles. The number of carbonyl (C=O) groups is 2. The number of rotatable bonds is 6. The summed E-state index contributed by atoms with van der Waals surface area (Å²) >= 11 is 0. The molecule has 2 aromatic carbocycles. The zero-order valence-corrected chi connectivity index (χ0v) is 33.7. The van der Waals surface area contributed by atoms with Crippen LogP contribution in [0.5, 0.6) is 11.8 Å². The second-order valence-electron chi connectivity index (χ2n) is 17.2. The normalized spacial score (nSPS) is 25.3. The molecule has 4 saturated heterocycles. The molecule has 2 amide bonds. The number of ether oxygens (including phenoxy) is 4. The third-order valence-electron chi connectivity index (χ3n) is 13.1. The lowest BCUT2D eigenvalue weighted by molar-refractivity contribution is 0.00368. The first-order chi connectivity index (χ1) is 28.9. The number of alkyl carbamates (subject to hydrolysis) is 1. The van der Waals surface area contributed by atoms with Crippen LogP contribution in [-0.2, 0) is 15.9 Å². The zero-order valence-electron chi connectivity index (χ0n) is 33.7. The topological polar surface area (TPSA) is 155 Å². The van der Waals surface area contributed by atoms with Crippen LogP contribution in [0.3, 0.4) is 0 Å². The quantitative estimate of drug-likeness (QED) is 0.222. The number of nitriles is 1. The predicted octanol–water partition coefficient (Wildman–Crippen LogP) is 6.61. The van der Waals surface area contributed by atoms with Crippen LogP contribution in [0, 0.1) is 23.0 Å². The first kappa shape index (κ1) is 40.0. The molecule has 4 aromatic rings. The Labute approximate surface area is 344 Å². The van der Waals surface area contributed by atoms with Crippen molar-refractivity contribution in [3.63, 3.8) is 0 Å². The number of methoxy groups -OCH3 is 1. The van der Waals surface area contributed by atoms with Gasteiger partial charge in [0.2, 0.25) is 0 Å². The number of nitrogens with one attached hydrogen (secondary N) is 1. The highest BCUT2D eigenvalue weighted by Crippen LogP contribution is 2.42. The molecule has 316 valence electrons. The fourth-order valence-corrected chi connectivity index (χ4v) is 10.1. The molecule has 3 unspecified atom stereocenters. The molecule has 60 heavy (non-hydrogen) atoms. The van der Waals surface area contributed by atoms with Crippen molar-refractivity contribution >= 4 is 39.7 Å². The molecule has 0 radical (unpaired) electrons. The maximum atomic E-state index is 17.6. The van der Waals surface area contributed by atoms with Crippen LogP contribution in [-0.4, -0.2) is 119 Å². The van der Waals surface area contributed by atoms with E-state index in [2.05, 4.69) is 26.3 Å². The Morgan fingerprint density at radius 1 is 1.10 bits per heavy atom. The van der Waals surface area contributed by atoms with Crippen LogP contribution in [0.1, 0.15) is 63.9 Å². The molecule has 0 aliphatic carbocycles. The number of aromatic nitrogens is 3. The summed E-state index contributed by atoms with van der Waals surface area (Å²) in [5.74, 6) is -1.20. The van der Waals surface area contributed by atoms with Crippen molar-refractivity contribution in [2.45, 2.75) is 87.6 Å². The van der Waals surface area contributed by atoms with E-state index in [1.165, 1.54) is 36.4 Å². The van der Waals surface area contributed by atoms with Gasteiger partial charge in [0, 0.05) is 38.4 Å². The van der Waals surface area contributed by atoms with Gasteiger partial charge in [0.1, 0.15) is 47.0 Å². The lowest BCUT2D eigenvalue weighted by Crippen LogP contribution is -2.60. The van der Waals surface area contributed by atoms with E-state index in [9.17, 15) is 14.9 Å². The third-order valence-corrected chi connectivity index (χ3v) is 13.1. The number of aryl methyl sites for hydroxylation is 1. The summed E-state index contributed by atoms with van der Waals surface area (Å²) in [6, 6.07) is 7.85. The summed E-state index contributed by atoms with van der Waals surface area (Å²) in [5, 5.41) is 13.2. The van der Waals surface area contributed by atoms with Crippen LogP contribution < -0.4 is 19.7 Å². The lowest BCUT2D eigenvalue weighted by atomic mass is 9.90. The maximum Gasteiger partial charge on any atom is 0.415 e. The fourth-order valence-electron chi connectivity index (χ4n) is 10.1. The average molecular weight is 829 g/mol. The second kappa shape index (κ2) is 15.5. The Bertz CT molecular complexity index is 2410. The SMILES string of the molecule is COC1(CC#N)CCN(C(=O)Oc2cc3c4c(c(F)ccc4c2)CCCOC(=O)NC2(C)CC(F)CN(C2)c2nc(OCC45CCCN4CCC5)nc4c(F)c-3ncc24)C1. The molecule has 6 aliphatic rings. The Kier molecular flexibility index (Phi) is 10.3. The standard InChI is InChI=1S/C43H47F3N8O6/c1-41-20-27(44)22-53(23-41)37-31-21-48-35(34(46)36(31)49-38(50-37)59-25-42-9-4-14-54(42)15-5-10-42)30-19-28(60-40(56)52-16-12-43(24-52,57-2)11-13-47)18-26-7-8-32(45)29(33(26)30)6-3-17-58-39(55)51-41/h7-8,18-19,21,27H,3-6,9-12,14-17,20,22-25H2,1-2H3,(H,51,55). The van der Waals surface area contributed by atoms with Crippen molar-refractivity contribution in [3.05, 3.63) is 47.7 Å². The summed E-state index contributed by atoms with van der Waals surface area (Å²) in [4.78, 5) is 46.3. The Morgan fingerprint density at radius 3 is 2.70 bits per heavy atom. The summed E-state index contributed by atoms with van der Waals surface area (Å²) in [7, 11) is 1.50. The summed E-state index contributed by atoms with van der Waals surface area (Å²) in [6.07, 6.45) is 3.35. The van der Waals surface area contributed by atoms with E-state index in [4.69, 9.17) is 23.9 Å². The molecular weight excluding hydrogens is 782 g/mol. The summed E-state index contributed by atoms with van der Waals surface area (Å²) in [6.45, 7) is 4.29. The van der Waals surface area contributed by atoms with Crippen LogP contribution in [0.2, 0.25) is 0 Å². The number of hydrogen-bond acceptors (Lipinski definition) is 12. The molecule has 0 spiro atoms. The van der Waals surface area contributed by atoms with Gasteiger partial charge < -0.3 is 34.1 Å². The van der Waals surface area contributed by atoms with E-state index in [-0.39, 0.29) is 116 Å². The Balaban J connectivity index is 1.19. The number of nitrogens with zero attached hydrogens (tertiary/aromatic N) is 7. The molecule has 2 aromatic heterocycles. The van der Waals surface area contributed by atoms with E-state index < -0.39 is 41.1 Å². The van der Waals surface area contributed by atoms with Crippen molar-refractivity contribution in [1.29, 1.82) is 5.26 Å². The Morgan fingerprint density at radius 2 is 1.92 bits per heavy atom. The van der Waals surface area contributed by atoms with Gasteiger partial charge in [-0.05, 0) is 99.5 Å². The summed E-state index contributed by atoms with van der Waals surface area (Å²) < 4.78 is 72.7. The summed E-state index contributed by atoms with van der Waals surface area (Å²) in [5.41, 5.74) is -2.10. The first-order valence-corrected chi connectivity index (χ1v) is 20.6. The zero-order chi connectivity index (χ0) is 41.8. The van der Waals surface area contributed by atoms with Gasteiger partial charge in [-0.15, -0.1) is 0 Å². The third kappa shape index (κ3) is 7.27. The minimum atomic E-state index is -1.39. The number of halogens is 3. The number of carbonyl (C=O) groups excluding carboxylic acids is 2. The van der Waals surface area contributed by atoms with Crippen LogP contribution in [0.15, 0.2) is 30.5 Å². The number of likely N-dealkylation sites (tertiary alicyclic amines) is 1. The minimum absolute atomic E-state index is 0.000391. The van der Waals surface area contributed by atoms with Gasteiger partial charge in [-0.1, -0.05) is 6.07 Å². The van der Waals surface area contributed by atoms with Gasteiger partial charge in [0.05, 0.1) is 48.7 Å². The van der Waals surface area contributed by atoms with Crippen LogP contribution in [0.4, 0.5) is 28.6 Å². The molecule has 14 nitrogen and oxygen atoms in total. The smallest absolute Gasteiger partial charge is 0.415 e. The first-order valence-electron chi connectivity index (χ1n) is 20.6. The lowest BCUT2D eigenvalue weighted by Gasteiger charge is -2.42. The monoisotopic (exact) mass is 828 g/mol. The Hall–Kier alpha value is -5.47. The van der Waals surface area contributed by atoms with Crippen molar-refractivity contribution in [1.82, 2.24) is 30.1 Å². The predicted molar refractivity (Wildman–Crippen MR) is 214 cm³/mol. The van der Waals surface area contributed by atoms with Gasteiger partial charge in [0.25, 0.3) is 0 Å². The minimum Gasteiger partial charge on any atom is -0.461 e. The van der Waals surface area contributed by atoms with Crippen molar-refractivity contribution < 1.29 is 41.7 Å². The average Bonchev–Trinajstić information content (AvgIpc) is 3.94.